The van der Waals surface area contributed by atoms with Crippen molar-refractivity contribution < 1.29 is 9.59 Å². The van der Waals surface area contributed by atoms with Gasteiger partial charge >= 0.3 is 6.03 Å². The summed E-state index contributed by atoms with van der Waals surface area (Å²) >= 11 is 0. The van der Waals surface area contributed by atoms with Crippen molar-refractivity contribution in [3.8, 4) is 0 Å². The van der Waals surface area contributed by atoms with Crippen LogP contribution in [0.5, 0.6) is 0 Å². The molecule has 0 aliphatic carbocycles. The maximum atomic E-state index is 13.3. The Balaban J connectivity index is 1.30. The van der Waals surface area contributed by atoms with Crippen LogP contribution in [0.25, 0.3) is 0 Å². The number of likely N-dealkylation sites (tertiary alicyclic amines) is 1. The third-order valence-electron chi connectivity index (χ3n) is 6.64. The van der Waals surface area contributed by atoms with E-state index in [9.17, 15) is 9.59 Å². The van der Waals surface area contributed by atoms with Gasteiger partial charge < -0.3 is 15.1 Å². The number of hydrogen-bond acceptors (Lipinski definition) is 3. The molecule has 2 fully saturated rings. The average molecular weight is 435 g/mol. The van der Waals surface area contributed by atoms with Gasteiger partial charge in [-0.3, -0.25) is 9.69 Å². The maximum absolute atomic E-state index is 13.3. The van der Waals surface area contributed by atoms with E-state index in [1.807, 2.05) is 35.2 Å². The number of nitrogens with zero attached hydrogens (tertiary/aromatic N) is 3. The van der Waals surface area contributed by atoms with Crippen LogP contribution in [0.1, 0.15) is 30.4 Å². The van der Waals surface area contributed by atoms with E-state index in [-0.39, 0.29) is 17.9 Å². The lowest BCUT2D eigenvalue weighted by Crippen LogP contribution is -2.48. The Morgan fingerprint density at radius 3 is 2.44 bits per heavy atom. The first-order valence-corrected chi connectivity index (χ1v) is 11.8. The molecular formula is C26H34N4O2. The SMILES string of the molecule is Cc1ccccc1CN1CCCN(C(=O)C2CCCN(C(=O)Nc3ccccc3)C2)CC1. The number of para-hydroxylation sites is 1. The molecule has 0 bridgehead atoms. The molecule has 0 radical (unpaired) electrons. The zero-order valence-corrected chi connectivity index (χ0v) is 19.0. The Kier molecular flexibility index (Phi) is 7.43. The number of nitrogens with one attached hydrogen (secondary N) is 1. The number of aryl methyl sites for hydroxylation is 1. The van der Waals surface area contributed by atoms with E-state index in [0.717, 1.165) is 57.7 Å². The fourth-order valence-electron chi connectivity index (χ4n) is 4.72. The van der Waals surface area contributed by atoms with E-state index >= 15 is 0 Å². The molecule has 2 aromatic carbocycles. The lowest BCUT2D eigenvalue weighted by Gasteiger charge is -2.34. The molecule has 1 N–H and O–H groups in total. The van der Waals surface area contributed by atoms with Crippen molar-refractivity contribution >= 4 is 17.6 Å². The molecule has 0 saturated carbocycles. The normalized spacial score (nSPS) is 20.0. The highest BCUT2D eigenvalue weighted by atomic mass is 16.2. The van der Waals surface area contributed by atoms with Crippen molar-refractivity contribution in [2.24, 2.45) is 5.92 Å². The summed E-state index contributed by atoms with van der Waals surface area (Å²) in [7, 11) is 0. The largest absolute Gasteiger partial charge is 0.341 e. The summed E-state index contributed by atoms with van der Waals surface area (Å²) in [6.07, 6.45) is 2.71. The van der Waals surface area contributed by atoms with Gasteiger partial charge in [-0.1, -0.05) is 42.5 Å². The Bertz CT molecular complexity index is 917. The monoisotopic (exact) mass is 434 g/mol. The van der Waals surface area contributed by atoms with Crippen LogP contribution in [0.15, 0.2) is 54.6 Å². The summed E-state index contributed by atoms with van der Waals surface area (Å²) in [5.41, 5.74) is 3.47. The van der Waals surface area contributed by atoms with Gasteiger partial charge in [-0.2, -0.15) is 0 Å². The van der Waals surface area contributed by atoms with Crippen LogP contribution in [-0.2, 0) is 11.3 Å². The van der Waals surface area contributed by atoms with Crippen molar-refractivity contribution in [2.75, 3.05) is 44.6 Å². The van der Waals surface area contributed by atoms with Gasteiger partial charge in [0.2, 0.25) is 5.91 Å². The smallest absolute Gasteiger partial charge is 0.321 e. The fourth-order valence-corrected chi connectivity index (χ4v) is 4.72. The number of piperidine rings is 1. The molecule has 6 nitrogen and oxygen atoms in total. The molecule has 1 unspecified atom stereocenters. The minimum absolute atomic E-state index is 0.104. The minimum Gasteiger partial charge on any atom is -0.341 e. The quantitative estimate of drug-likeness (QED) is 0.792. The zero-order chi connectivity index (χ0) is 22.3. The van der Waals surface area contributed by atoms with Crippen LogP contribution < -0.4 is 5.32 Å². The molecule has 1 atom stereocenters. The van der Waals surface area contributed by atoms with E-state index in [1.165, 1.54) is 11.1 Å². The number of benzene rings is 2. The van der Waals surface area contributed by atoms with Crippen molar-refractivity contribution in [3.63, 3.8) is 0 Å². The van der Waals surface area contributed by atoms with Crippen LogP contribution in [0.3, 0.4) is 0 Å². The standard InChI is InChI=1S/C26H34N4O2/c1-21-9-5-6-10-22(21)19-28-14-8-16-29(18-17-28)25(31)23-11-7-15-30(20-23)26(32)27-24-12-3-2-4-13-24/h2-6,9-10,12-13,23H,7-8,11,14-20H2,1H3,(H,27,32). The number of anilines is 1. The third-order valence-corrected chi connectivity index (χ3v) is 6.64. The third kappa shape index (κ3) is 5.68. The van der Waals surface area contributed by atoms with Crippen LogP contribution in [0.2, 0.25) is 0 Å². The number of rotatable bonds is 4. The van der Waals surface area contributed by atoms with E-state index in [1.54, 1.807) is 4.90 Å². The van der Waals surface area contributed by atoms with Gasteiger partial charge in [0.05, 0.1) is 5.92 Å². The van der Waals surface area contributed by atoms with Gasteiger partial charge in [0.15, 0.2) is 0 Å². The fraction of sp³-hybridized carbons (Fsp3) is 0.462. The summed E-state index contributed by atoms with van der Waals surface area (Å²) < 4.78 is 0. The van der Waals surface area contributed by atoms with E-state index in [2.05, 4.69) is 41.4 Å². The molecule has 170 valence electrons. The molecule has 0 aromatic heterocycles. The highest BCUT2D eigenvalue weighted by Gasteiger charge is 2.32. The number of hydrogen-bond donors (Lipinski definition) is 1. The first-order valence-electron chi connectivity index (χ1n) is 11.8. The summed E-state index contributed by atoms with van der Waals surface area (Å²) in [4.78, 5) is 32.3. The molecule has 0 spiro atoms. The van der Waals surface area contributed by atoms with Gasteiger partial charge in [-0.25, -0.2) is 4.79 Å². The van der Waals surface area contributed by atoms with Crippen molar-refractivity contribution in [3.05, 3.63) is 65.7 Å². The molecule has 4 rings (SSSR count). The van der Waals surface area contributed by atoms with E-state index < -0.39 is 0 Å². The summed E-state index contributed by atoms with van der Waals surface area (Å²) in [5.74, 6) is 0.105. The van der Waals surface area contributed by atoms with Crippen LogP contribution in [0, 0.1) is 12.8 Å². The molecule has 2 aliphatic heterocycles. The highest BCUT2D eigenvalue weighted by Crippen LogP contribution is 2.21. The molecule has 6 heteroatoms. The van der Waals surface area contributed by atoms with Crippen molar-refractivity contribution in [2.45, 2.75) is 32.7 Å². The van der Waals surface area contributed by atoms with Gasteiger partial charge in [-0.05, 0) is 49.4 Å². The van der Waals surface area contributed by atoms with Gasteiger partial charge in [-0.15, -0.1) is 0 Å². The van der Waals surface area contributed by atoms with Crippen LogP contribution in [0.4, 0.5) is 10.5 Å². The molecule has 2 saturated heterocycles. The first kappa shape index (κ1) is 22.3. The van der Waals surface area contributed by atoms with Crippen molar-refractivity contribution in [1.82, 2.24) is 14.7 Å². The Morgan fingerprint density at radius 2 is 1.62 bits per heavy atom. The van der Waals surface area contributed by atoms with Crippen LogP contribution in [-0.4, -0.2) is 65.9 Å². The van der Waals surface area contributed by atoms with Crippen molar-refractivity contribution in [1.29, 1.82) is 0 Å². The van der Waals surface area contributed by atoms with Crippen LogP contribution >= 0.6 is 0 Å². The molecule has 2 aliphatic rings. The number of amides is 3. The van der Waals surface area contributed by atoms with Gasteiger partial charge in [0.25, 0.3) is 0 Å². The van der Waals surface area contributed by atoms with Gasteiger partial charge in [0.1, 0.15) is 0 Å². The summed E-state index contributed by atoms with van der Waals surface area (Å²) in [6.45, 7) is 7.76. The maximum Gasteiger partial charge on any atom is 0.321 e. The summed E-state index contributed by atoms with van der Waals surface area (Å²) in [6, 6.07) is 17.9. The number of carbonyl (C=O) groups is 2. The van der Waals surface area contributed by atoms with Gasteiger partial charge in [0, 0.05) is 51.5 Å². The highest BCUT2D eigenvalue weighted by molar-refractivity contribution is 5.90. The molecule has 2 heterocycles. The molecule has 3 amide bonds. The lowest BCUT2D eigenvalue weighted by atomic mass is 9.96. The molecule has 32 heavy (non-hydrogen) atoms. The summed E-state index contributed by atoms with van der Waals surface area (Å²) in [5, 5.41) is 2.95. The zero-order valence-electron chi connectivity index (χ0n) is 19.0. The second kappa shape index (κ2) is 10.6. The first-order chi connectivity index (χ1) is 15.6. The lowest BCUT2D eigenvalue weighted by molar-refractivity contribution is -0.136. The number of carbonyl (C=O) groups excluding carboxylic acids is 2. The van der Waals surface area contributed by atoms with E-state index in [4.69, 9.17) is 0 Å². The predicted octanol–water partition coefficient (Wildman–Crippen LogP) is 3.97. The second-order valence-corrected chi connectivity index (χ2v) is 8.96. The Labute approximate surface area is 191 Å². The second-order valence-electron chi connectivity index (χ2n) is 8.96. The minimum atomic E-state index is -0.117. The van der Waals surface area contributed by atoms with E-state index in [0.29, 0.717) is 13.1 Å². The molecule has 2 aromatic rings. The number of urea groups is 1. The molecular weight excluding hydrogens is 400 g/mol. The average Bonchev–Trinajstić information content (AvgIpc) is 3.06. The Morgan fingerprint density at radius 1 is 0.875 bits per heavy atom. The predicted molar refractivity (Wildman–Crippen MR) is 127 cm³/mol. The Hall–Kier alpha value is -2.86. The topological polar surface area (TPSA) is 55.9 Å².